The van der Waals surface area contributed by atoms with Crippen LogP contribution in [0.25, 0.3) is 11.3 Å². The number of aromatic nitrogens is 2. The zero-order valence-corrected chi connectivity index (χ0v) is 12.5. The van der Waals surface area contributed by atoms with E-state index in [9.17, 15) is 4.39 Å². The van der Waals surface area contributed by atoms with Crippen molar-refractivity contribution in [1.82, 2.24) is 10.2 Å². The number of hydrogen-bond acceptors (Lipinski definition) is 3. The van der Waals surface area contributed by atoms with Crippen molar-refractivity contribution in [2.75, 3.05) is 18.0 Å². The maximum absolute atomic E-state index is 13.9. The van der Waals surface area contributed by atoms with Crippen LogP contribution >= 0.6 is 15.9 Å². The first-order valence-corrected chi connectivity index (χ1v) is 7.44. The number of nitrogens with zero attached hydrogens (tertiary/aromatic N) is 2. The molecule has 0 aliphatic carbocycles. The summed E-state index contributed by atoms with van der Waals surface area (Å²) in [5.41, 5.74) is 7.18. The number of nitrogens with two attached hydrogens (primary N) is 1. The van der Waals surface area contributed by atoms with E-state index in [0.717, 1.165) is 36.2 Å². The number of hydrogen-bond donors (Lipinski definition) is 2. The summed E-state index contributed by atoms with van der Waals surface area (Å²) < 4.78 is 14.7. The molecule has 1 aliphatic rings. The third-order valence-electron chi connectivity index (χ3n) is 3.57. The first-order chi connectivity index (χ1) is 9.63. The summed E-state index contributed by atoms with van der Waals surface area (Å²) in [4.78, 5) is 2.14. The van der Waals surface area contributed by atoms with E-state index in [1.54, 1.807) is 6.07 Å². The van der Waals surface area contributed by atoms with Crippen LogP contribution in [0.15, 0.2) is 28.7 Å². The van der Waals surface area contributed by atoms with Gasteiger partial charge >= 0.3 is 0 Å². The van der Waals surface area contributed by atoms with E-state index in [-0.39, 0.29) is 11.9 Å². The van der Waals surface area contributed by atoms with Gasteiger partial charge < -0.3 is 10.6 Å². The Morgan fingerprint density at radius 3 is 3.00 bits per heavy atom. The fourth-order valence-electron chi connectivity index (χ4n) is 2.54. The maximum Gasteiger partial charge on any atom is 0.151 e. The predicted molar refractivity (Wildman–Crippen MR) is 81.1 cm³/mol. The quantitative estimate of drug-likeness (QED) is 0.885. The van der Waals surface area contributed by atoms with Gasteiger partial charge in [0.05, 0.1) is 5.69 Å². The molecule has 1 aromatic heterocycles. The van der Waals surface area contributed by atoms with Gasteiger partial charge in [-0.05, 0) is 31.0 Å². The van der Waals surface area contributed by atoms with Gasteiger partial charge in [0.25, 0.3) is 0 Å². The van der Waals surface area contributed by atoms with Gasteiger partial charge in [-0.1, -0.05) is 15.9 Å². The van der Waals surface area contributed by atoms with E-state index in [4.69, 9.17) is 5.73 Å². The predicted octanol–water partition coefficient (Wildman–Crippen LogP) is 2.91. The van der Waals surface area contributed by atoms with Crippen molar-refractivity contribution in [3.05, 3.63) is 34.6 Å². The molecule has 1 aliphatic heterocycles. The van der Waals surface area contributed by atoms with Crippen molar-refractivity contribution in [1.29, 1.82) is 0 Å². The van der Waals surface area contributed by atoms with Crippen LogP contribution in [0.5, 0.6) is 0 Å². The van der Waals surface area contributed by atoms with E-state index in [0.29, 0.717) is 11.3 Å². The lowest BCUT2D eigenvalue weighted by molar-refractivity contribution is 0.503. The minimum Gasteiger partial charge on any atom is -0.354 e. The standard InChI is InChI=1S/C14H16BrFN4/c15-9-3-4-11(12(16)6-9)13-7-14(19-18-13)20-5-1-2-10(17)8-20/h3-4,6-7,10H,1-2,5,8,17H2,(H,18,19). The molecule has 20 heavy (non-hydrogen) atoms. The summed E-state index contributed by atoms with van der Waals surface area (Å²) in [5, 5.41) is 7.19. The van der Waals surface area contributed by atoms with Crippen LogP contribution in [0.4, 0.5) is 10.2 Å². The number of piperidine rings is 1. The number of H-pyrrole nitrogens is 1. The highest BCUT2D eigenvalue weighted by Crippen LogP contribution is 2.27. The lowest BCUT2D eigenvalue weighted by Gasteiger charge is -2.30. The summed E-state index contributed by atoms with van der Waals surface area (Å²) in [5.74, 6) is 0.558. The molecule has 1 unspecified atom stereocenters. The summed E-state index contributed by atoms with van der Waals surface area (Å²) in [6, 6.07) is 7.07. The highest BCUT2D eigenvalue weighted by atomic mass is 79.9. The Morgan fingerprint density at radius 2 is 2.25 bits per heavy atom. The summed E-state index contributed by atoms with van der Waals surface area (Å²) in [6.45, 7) is 1.74. The average molecular weight is 339 g/mol. The molecule has 1 aromatic carbocycles. The van der Waals surface area contributed by atoms with Crippen LogP contribution in [0.1, 0.15) is 12.8 Å². The van der Waals surface area contributed by atoms with E-state index >= 15 is 0 Å². The minimum atomic E-state index is -0.273. The Bertz CT molecular complexity index is 613. The summed E-state index contributed by atoms with van der Waals surface area (Å²) >= 11 is 3.26. The second kappa shape index (κ2) is 5.54. The molecular formula is C14H16BrFN4. The zero-order chi connectivity index (χ0) is 14.1. The highest BCUT2D eigenvalue weighted by molar-refractivity contribution is 9.10. The Morgan fingerprint density at radius 1 is 1.40 bits per heavy atom. The SMILES string of the molecule is NC1CCCN(c2cc(-c3ccc(Br)cc3F)[nH]n2)C1. The molecule has 0 amide bonds. The van der Waals surface area contributed by atoms with Crippen LogP contribution in [0, 0.1) is 5.82 Å². The van der Waals surface area contributed by atoms with Gasteiger partial charge in [0.15, 0.2) is 5.82 Å². The van der Waals surface area contributed by atoms with E-state index in [2.05, 4.69) is 31.0 Å². The molecule has 3 rings (SSSR count). The molecule has 2 heterocycles. The Balaban J connectivity index is 1.86. The highest BCUT2D eigenvalue weighted by Gasteiger charge is 2.19. The first kappa shape index (κ1) is 13.6. The van der Waals surface area contributed by atoms with Crippen LogP contribution in [0.2, 0.25) is 0 Å². The molecule has 0 bridgehead atoms. The van der Waals surface area contributed by atoms with E-state index in [1.807, 2.05) is 12.1 Å². The molecule has 1 saturated heterocycles. The molecule has 106 valence electrons. The maximum atomic E-state index is 13.9. The third kappa shape index (κ3) is 2.71. The van der Waals surface area contributed by atoms with E-state index < -0.39 is 0 Å². The number of anilines is 1. The minimum absolute atomic E-state index is 0.188. The van der Waals surface area contributed by atoms with Crippen LogP contribution in [-0.2, 0) is 0 Å². The van der Waals surface area contributed by atoms with Crippen LogP contribution < -0.4 is 10.6 Å². The smallest absolute Gasteiger partial charge is 0.151 e. The van der Waals surface area contributed by atoms with Gasteiger partial charge in [-0.3, -0.25) is 5.10 Å². The monoisotopic (exact) mass is 338 g/mol. The normalized spacial score (nSPS) is 19.4. The average Bonchev–Trinajstić information content (AvgIpc) is 2.88. The van der Waals surface area contributed by atoms with Crippen molar-refractivity contribution in [2.24, 2.45) is 5.73 Å². The summed E-state index contributed by atoms with van der Waals surface area (Å²) in [7, 11) is 0. The van der Waals surface area contributed by atoms with Gasteiger partial charge in [0.2, 0.25) is 0 Å². The molecule has 0 spiro atoms. The third-order valence-corrected chi connectivity index (χ3v) is 4.06. The lowest BCUT2D eigenvalue weighted by Crippen LogP contribution is -2.43. The van der Waals surface area contributed by atoms with Crippen LogP contribution in [-0.4, -0.2) is 29.3 Å². The van der Waals surface area contributed by atoms with Crippen molar-refractivity contribution in [3.63, 3.8) is 0 Å². The fourth-order valence-corrected chi connectivity index (χ4v) is 2.87. The lowest BCUT2D eigenvalue weighted by atomic mass is 10.1. The second-order valence-electron chi connectivity index (χ2n) is 5.11. The van der Waals surface area contributed by atoms with Gasteiger partial charge in [-0.25, -0.2) is 4.39 Å². The molecule has 2 aromatic rings. The Labute approximate surface area is 125 Å². The Hall–Kier alpha value is -1.40. The molecule has 0 saturated carbocycles. The van der Waals surface area contributed by atoms with Gasteiger partial charge in [0.1, 0.15) is 5.82 Å². The number of nitrogens with one attached hydrogen (secondary N) is 1. The van der Waals surface area contributed by atoms with Gasteiger partial charge in [-0.15, -0.1) is 0 Å². The Kier molecular flexibility index (Phi) is 3.76. The molecule has 1 atom stereocenters. The molecule has 4 nitrogen and oxygen atoms in total. The van der Waals surface area contributed by atoms with E-state index in [1.165, 1.54) is 6.07 Å². The molecule has 0 radical (unpaired) electrons. The van der Waals surface area contributed by atoms with Crippen molar-refractivity contribution in [2.45, 2.75) is 18.9 Å². The molecular weight excluding hydrogens is 323 g/mol. The van der Waals surface area contributed by atoms with Gasteiger partial charge in [-0.2, -0.15) is 5.10 Å². The van der Waals surface area contributed by atoms with Crippen LogP contribution in [0.3, 0.4) is 0 Å². The van der Waals surface area contributed by atoms with Crippen molar-refractivity contribution in [3.8, 4) is 11.3 Å². The number of benzene rings is 1. The molecule has 3 N–H and O–H groups in total. The number of rotatable bonds is 2. The fraction of sp³-hybridized carbons (Fsp3) is 0.357. The zero-order valence-electron chi connectivity index (χ0n) is 10.9. The van der Waals surface area contributed by atoms with Crippen molar-refractivity contribution >= 4 is 21.7 Å². The number of halogens is 2. The number of aromatic amines is 1. The van der Waals surface area contributed by atoms with Gasteiger partial charge in [0, 0.05) is 35.2 Å². The first-order valence-electron chi connectivity index (χ1n) is 6.65. The largest absolute Gasteiger partial charge is 0.354 e. The molecule has 6 heteroatoms. The van der Waals surface area contributed by atoms with Crippen molar-refractivity contribution < 1.29 is 4.39 Å². The summed E-state index contributed by atoms with van der Waals surface area (Å²) in [6.07, 6.45) is 2.12. The topological polar surface area (TPSA) is 57.9 Å². The second-order valence-corrected chi connectivity index (χ2v) is 6.03. The molecule has 1 fully saturated rings.